The summed E-state index contributed by atoms with van der Waals surface area (Å²) in [6.45, 7) is 2.25. The van der Waals surface area contributed by atoms with Crippen LogP contribution in [-0.4, -0.2) is 17.5 Å². The first kappa shape index (κ1) is 14.5. The van der Waals surface area contributed by atoms with Crippen LogP contribution in [0.25, 0.3) is 0 Å². The molecule has 1 amide bonds. The molecule has 1 aromatic carbocycles. The molecule has 0 saturated heterocycles. The van der Waals surface area contributed by atoms with Crippen LogP contribution in [0.1, 0.15) is 11.1 Å². The first-order valence-electron chi connectivity index (χ1n) is 6.19. The zero-order valence-corrected chi connectivity index (χ0v) is 11.9. The van der Waals surface area contributed by atoms with Crippen molar-refractivity contribution in [1.29, 1.82) is 0 Å². The van der Waals surface area contributed by atoms with Crippen molar-refractivity contribution in [3.8, 4) is 0 Å². The maximum atomic E-state index is 11.7. The van der Waals surface area contributed by atoms with Gasteiger partial charge in [0.25, 0.3) is 0 Å². The number of anilines is 1. The normalized spacial score (nSPS) is 10.3. The minimum absolute atomic E-state index is 0.0286. The number of halogens is 1. The van der Waals surface area contributed by atoms with Gasteiger partial charge in [0.15, 0.2) is 5.15 Å². The average Bonchev–Trinajstić information content (AvgIpc) is 2.44. The predicted molar refractivity (Wildman–Crippen MR) is 78.7 cm³/mol. The van der Waals surface area contributed by atoms with Crippen molar-refractivity contribution in [2.75, 3.05) is 11.9 Å². The summed E-state index contributed by atoms with van der Waals surface area (Å²) >= 11 is 5.90. The van der Waals surface area contributed by atoms with Gasteiger partial charge in [0.1, 0.15) is 6.61 Å². The Balaban J connectivity index is 1.82. The van der Waals surface area contributed by atoms with Crippen LogP contribution in [0.2, 0.25) is 5.15 Å². The molecule has 20 heavy (non-hydrogen) atoms. The molecule has 0 aliphatic carbocycles. The Morgan fingerprint density at radius 1 is 1.35 bits per heavy atom. The molecule has 5 heteroatoms. The van der Waals surface area contributed by atoms with E-state index < -0.39 is 0 Å². The van der Waals surface area contributed by atoms with E-state index in [1.54, 1.807) is 12.3 Å². The number of nitrogens with one attached hydrogen (secondary N) is 1. The van der Waals surface area contributed by atoms with Crippen LogP contribution in [0.3, 0.4) is 0 Å². The van der Waals surface area contributed by atoms with Gasteiger partial charge in [-0.1, -0.05) is 41.9 Å². The third-order valence-corrected chi connectivity index (χ3v) is 2.90. The Morgan fingerprint density at radius 2 is 2.10 bits per heavy atom. The predicted octanol–water partition coefficient (Wildman–Crippen LogP) is 3.20. The lowest BCUT2D eigenvalue weighted by molar-refractivity contribution is -0.121. The Morgan fingerprint density at radius 3 is 2.85 bits per heavy atom. The highest BCUT2D eigenvalue weighted by atomic mass is 35.5. The van der Waals surface area contributed by atoms with Crippen LogP contribution in [0.4, 0.5) is 5.69 Å². The topological polar surface area (TPSA) is 51.2 Å². The van der Waals surface area contributed by atoms with Gasteiger partial charge in [-0.3, -0.25) is 4.79 Å². The number of pyridine rings is 1. The molecule has 1 heterocycles. The summed E-state index contributed by atoms with van der Waals surface area (Å²) in [5.41, 5.74) is 2.45. The second-order valence-corrected chi connectivity index (χ2v) is 4.74. The molecule has 4 nitrogen and oxygen atoms in total. The van der Waals surface area contributed by atoms with Gasteiger partial charge in [0.05, 0.1) is 12.3 Å². The molecule has 1 aromatic heterocycles. The van der Waals surface area contributed by atoms with Crippen LogP contribution in [0.5, 0.6) is 0 Å². The van der Waals surface area contributed by atoms with E-state index in [1.165, 1.54) is 0 Å². The van der Waals surface area contributed by atoms with E-state index in [1.807, 2.05) is 37.3 Å². The van der Waals surface area contributed by atoms with E-state index in [0.717, 1.165) is 11.1 Å². The number of amides is 1. The number of carbonyl (C=O) groups excluding carboxylic acids is 1. The SMILES string of the molecule is Cc1cnc(Cl)c(NC(=O)COCc2ccccc2)c1. The molecule has 2 aromatic rings. The molecule has 0 radical (unpaired) electrons. The van der Waals surface area contributed by atoms with E-state index in [-0.39, 0.29) is 17.7 Å². The van der Waals surface area contributed by atoms with Crippen molar-refractivity contribution in [2.24, 2.45) is 0 Å². The zero-order valence-electron chi connectivity index (χ0n) is 11.1. The maximum Gasteiger partial charge on any atom is 0.250 e. The Labute approximate surface area is 122 Å². The highest BCUT2D eigenvalue weighted by Crippen LogP contribution is 2.19. The molecule has 0 spiro atoms. The highest BCUT2D eigenvalue weighted by molar-refractivity contribution is 6.32. The van der Waals surface area contributed by atoms with Crippen LogP contribution < -0.4 is 5.32 Å². The fraction of sp³-hybridized carbons (Fsp3) is 0.200. The number of aromatic nitrogens is 1. The monoisotopic (exact) mass is 290 g/mol. The number of ether oxygens (including phenoxy) is 1. The maximum absolute atomic E-state index is 11.7. The molecule has 0 aliphatic heterocycles. The zero-order chi connectivity index (χ0) is 14.4. The molecule has 104 valence electrons. The van der Waals surface area contributed by atoms with Crippen LogP contribution in [0.15, 0.2) is 42.6 Å². The minimum atomic E-state index is -0.254. The lowest BCUT2D eigenvalue weighted by atomic mass is 10.2. The van der Waals surface area contributed by atoms with Crippen LogP contribution in [-0.2, 0) is 16.1 Å². The fourth-order valence-electron chi connectivity index (χ4n) is 1.66. The number of benzene rings is 1. The number of hydrogen-bond donors (Lipinski definition) is 1. The number of aryl methyl sites for hydroxylation is 1. The summed E-state index contributed by atoms with van der Waals surface area (Å²) < 4.78 is 5.35. The third-order valence-electron chi connectivity index (χ3n) is 2.59. The van der Waals surface area contributed by atoms with Gasteiger partial charge in [-0.2, -0.15) is 0 Å². The molecule has 2 rings (SSSR count). The smallest absolute Gasteiger partial charge is 0.250 e. The lowest BCUT2D eigenvalue weighted by Crippen LogP contribution is -2.18. The van der Waals surface area contributed by atoms with Crippen molar-refractivity contribution in [3.63, 3.8) is 0 Å². The van der Waals surface area contributed by atoms with Crippen molar-refractivity contribution < 1.29 is 9.53 Å². The third kappa shape index (κ3) is 4.33. The van der Waals surface area contributed by atoms with Gasteiger partial charge < -0.3 is 10.1 Å². The number of carbonyl (C=O) groups is 1. The summed E-state index contributed by atoms with van der Waals surface area (Å²) in [7, 11) is 0. The van der Waals surface area contributed by atoms with Gasteiger partial charge in [-0.15, -0.1) is 0 Å². The molecule has 0 unspecified atom stereocenters. The van der Waals surface area contributed by atoms with Crippen molar-refractivity contribution in [3.05, 3.63) is 58.9 Å². The van der Waals surface area contributed by atoms with Gasteiger partial charge in [0, 0.05) is 6.20 Å². The van der Waals surface area contributed by atoms with E-state index in [0.29, 0.717) is 12.3 Å². The standard InChI is InChI=1S/C15H15ClN2O2/c1-11-7-13(15(16)17-8-11)18-14(19)10-20-9-12-5-3-2-4-6-12/h2-8H,9-10H2,1H3,(H,18,19). The quantitative estimate of drug-likeness (QED) is 0.860. The van der Waals surface area contributed by atoms with Gasteiger partial charge in [-0.25, -0.2) is 4.98 Å². The second kappa shape index (κ2) is 7.03. The molecule has 0 bridgehead atoms. The molecule has 0 aliphatic rings. The summed E-state index contributed by atoms with van der Waals surface area (Å²) in [6.07, 6.45) is 1.64. The average molecular weight is 291 g/mol. The summed E-state index contributed by atoms with van der Waals surface area (Å²) in [5.74, 6) is -0.254. The number of hydrogen-bond acceptors (Lipinski definition) is 3. The van der Waals surface area contributed by atoms with Gasteiger partial charge >= 0.3 is 0 Å². The molecule has 0 fully saturated rings. The minimum Gasteiger partial charge on any atom is -0.367 e. The van der Waals surface area contributed by atoms with Crippen molar-refractivity contribution in [2.45, 2.75) is 13.5 Å². The first-order valence-corrected chi connectivity index (χ1v) is 6.56. The molecule has 0 atom stereocenters. The molecular weight excluding hydrogens is 276 g/mol. The van der Waals surface area contributed by atoms with Crippen molar-refractivity contribution in [1.82, 2.24) is 4.98 Å². The van der Waals surface area contributed by atoms with E-state index >= 15 is 0 Å². The van der Waals surface area contributed by atoms with E-state index in [9.17, 15) is 4.79 Å². The van der Waals surface area contributed by atoms with E-state index in [2.05, 4.69) is 10.3 Å². The second-order valence-electron chi connectivity index (χ2n) is 4.38. The Hall–Kier alpha value is -1.91. The molecule has 0 saturated carbocycles. The van der Waals surface area contributed by atoms with Crippen molar-refractivity contribution >= 4 is 23.2 Å². The Bertz CT molecular complexity index is 588. The van der Waals surface area contributed by atoms with Gasteiger partial charge in [-0.05, 0) is 24.1 Å². The van der Waals surface area contributed by atoms with E-state index in [4.69, 9.17) is 16.3 Å². The fourth-order valence-corrected chi connectivity index (χ4v) is 1.81. The van der Waals surface area contributed by atoms with Gasteiger partial charge in [0.2, 0.25) is 5.91 Å². The summed E-state index contributed by atoms with van der Waals surface area (Å²) in [5, 5.41) is 2.95. The lowest BCUT2D eigenvalue weighted by Gasteiger charge is -2.08. The van der Waals surface area contributed by atoms with Crippen LogP contribution >= 0.6 is 11.6 Å². The highest BCUT2D eigenvalue weighted by Gasteiger charge is 2.07. The first-order chi connectivity index (χ1) is 9.65. The molecule has 1 N–H and O–H groups in total. The Kier molecular flexibility index (Phi) is 5.09. The number of nitrogens with zero attached hydrogens (tertiary/aromatic N) is 1. The molecular formula is C15H15ClN2O2. The van der Waals surface area contributed by atoms with Crippen LogP contribution in [0, 0.1) is 6.92 Å². The number of rotatable bonds is 5. The largest absolute Gasteiger partial charge is 0.367 e. The summed E-state index contributed by atoms with van der Waals surface area (Å²) in [4.78, 5) is 15.7. The summed E-state index contributed by atoms with van der Waals surface area (Å²) in [6, 6.07) is 11.4.